The SMILES string of the molecule is CN(C)C(=S)Oc1cc(-c2ccccc2)no1. The average molecular weight is 248 g/mol. The summed E-state index contributed by atoms with van der Waals surface area (Å²) >= 11 is 5.00. The van der Waals surface area contributed by atoms with Gasteiger partial charge in [0.05, 0.1) is 6.07 Å². The normalized spacial score (nSPS) is 10.0. The number of nitrogens with zero attached hydrogens (tertiary/aromatic N) is 2. The van der Waals surface area contributed by atoms with Crippen LogP contribution in [0.25, 0.3) is 11.3 Å². The van der Waals surface area contributed by atoms with Crippen molar-refractivity contribution in [1.29, 1.82) is 0 Å². The van der Waals surface area contributed by atoms with E-state index in [9.17, 15) is 0 Å². The molecule has 0 amide bonds. The summed E-state index contributed by atoms with van der Waals surface area (Å²) in [5, 5.41) is 4.25. The van der Waals surface area contributed by atoms with E-state index in [1.807, 2.05) is 30.3 Å². The quantitative estimate of drug-likeness (QED) is 0.764. The Morgan fingerprint density at radius 2 is 2.00 bits per heavy atom. The molecule has 0 saturated heterocycles. The zero-order valence-corrected chi connectivity index (χ0v) is 10.4. The molecule has 0 atom stereocenters. The molecule has 0 fully saturated rings. The summed E-state index contributed by atoms with van der Waals surface area (Å²) < 4.78 is 10.4. The molecule has 0 aliphatic heterocycles. The van der Waals surface area contributed by atoms with Crippen LogP contribution in [0.2, 0.25) is 0 Å². The van der Waals surface area contributed by atoms with Gasteiger partial charge in [-0.3, -0.25) is 0 Å². The van der Waals surface area contributed by atoms with Gasteiger partial charge in [-0.25, -0.2) is 0 Å². The van der Waals surface area contributed by atoms with E-state index in [2.05, 4.69) is 5.16 Å². The summed E-state index contributed by atoms with van der Waals surface area (Å²) in [6.07, 6.45) is 0. The van der Waals surface area contributed by atoms with Crippen LogP contribution in [0.15, 0.2) is 40.9 Å². The van der Waals surface area contributed by atoms with Crippen LogP contribution in [-0.2, 0) is 0 Å². The second-order valence-corrected chi connectivity index (χ2v) is 4.01. The van der Waals surface area contributed by atoms with E-state index in [0.29, 0.717) is 11.1 Å². The second-order valence-electron chi connectivity index (χ2n) is 3.66. The molecule has 0 aliphatic rings. The molecule has 0 saturated carbocycles. The topological polar surface area (TPSA) is 38.5 Å². The lowest BCUT2D eigenvalue weighted by molar-refractivity contribution is 0.297. The van der Waals surface area contributed by atoms with E-state index in [-0.39, 0.29) is 0 Å². The predicted octanol–water partition coefficient (Wildman–Crippen LogP) is 2.57. The van der Waals surface area contributed by atoms with Gasteiger partial charge in [0.1, 0.15) is 5.69 Å². The predicted molar refractivity (Wildman–Crippen MR) is 68.9 cm³/mol. The Morgan fingerprint density at radius 3 is 2.65 bits per heavy atom. The smallest absolute Gasteiger partial charge is 0.319 e. The van der Waals surface area contributed by atoms with Gasteiger partial charge in [-0.2, -0.15) is 0 Å². The summed E-state index contributed by atoms with van der Waals surface area (Å²) in [6.45, 7) is 0. The third-order valence-electron chi connectivity index (χ3n) is 2.11. The van der Waals surface area contributed by atoms with Crippen LogP contribution < -0.4 is 4.74 Å². The number of hydrogen-bond acceptors (Lipinski definition) is 4. The van der Waals surface area contributed by atoms with Gasteiger partial charge in [-0.05, 0) is 12.2 Å². The number of ether oxygens (including phenoxy) is 1. The molecular weight excluding hydrogens is 236 g/mol. The van der Waals surface area contributed by atoms with Crippen molar-refractivity contribution in [2.75, 3.05) is 14.1 Å². The highest BCUT2D eigenvalue weighted by Gasteiger charge is 2.10. The van der Waals surface area contributed by atoms with E-state index in [0.717, 1.165) is 11.3 Å². The van der Waals surface area contributed by atoms with Gasteiger partial charge in [0.25, 0.3) is 5.17 Å². The van der Waals surface area contributed by atoms with Crippen molar-refractivity contribution in [2.24, 2.45) is 0 Å². The first-order chi connectivity index (χ1) is 8.16. The molecule has 17 heavy (non-hydrogen) atoms. The van der Waals surface area contributed by atoms with Gasteiger partial charge in [0, 0.05) is 19.7 Å². The van der Waals surface area contributed by atoms with Crippen LogP contribution in [0.3, 0.4) is 0 Å². The number of rotatable bonds is 2. The Labute approximate surface area is 105 Å². The van der Waals surface area contributed by atoms with Gasteiger partial charge >= 0.3 is 5.95 Å². The molecule has 0 aliphatic carbocycles. The Morgan fingerprint density at radius 1 is 1.29 bits per heavy atom. The lowest BCUT2D eigenvalue weighted by Gasteiger charge is -2.10. The van der Waals surface area contributed by atoms with Crippen molar-refractivity contribution in [3.05, 3.63) is 36.4 Å². The summed E-state index contributed by atoms with van der Waals surface area (Å²) in [6, 6.07) is 11.4. The molecule has 1 heterocycles. The highest BCUT2D eigenvalue weighted by molar-refractivity contribution is 7.80. The van der Waals surface area contributed by atoms with E-state index < -0.39 is 0 Å². The highest BCUT2D eigenvalue weighted by Crippen LogP contribution is 2.22. The maximum atomic E-state index is 5.31. The monoisotopic (exact) mass is 248 g/mol. The van der Waals surface area contributed by atoms with Crippen molar-refractivity contribution >= 4 is 17.4 Å². The van der Waals surface area contributed by atoms with Gasteiger partial charge in [-0.1, -0.05) is 35.5 Å². The minimum Gasteiger partial charge on any atom is -0.397 e. The van der Waals surface area contributed by atoms with Crippen LogP contribution in [0.1, 0.15) is 0 Å². The lowest BCUT2D eigenvalue weighted by atomic mass is 10.2. The van der Waals surface area contributed by atoms with Crippen molar-refractivity contribution in [1.82, 2.24) is 10.1 Å². The first kappa shape index (κ1) is 11.6. The molecule has 0 unspecified atom stereocenters. The van der Waals surface area contributed by atoms with E-state index in [4.69, 9.17) is 21.5 Å². The molecule has 2 rings (SSSR count). The molecule has 5 heteroatoms. The molecule has 0 N–H and O–H groups in total. The largest absolute Gasteiger partial charge is 0.397 e. The summed E-state index contributed by atoms with van der Waals surface area (Å²) in [5.41, 5.74) is 1.70. The molecular formula is C12H12N2O2S. The van der Waals surface area contributed by atoms with Gasteiger partial charge in [0.2, 0.25) is 0 Å². The van der Waals surface area contributed by atoms with Crippen LogP contribution >= 0.6 is 12.2 Å². The highest BCUT2D eigenvalue weighted by atomic mass is 32.1. The Hall–Kier alpha value is -1.88. The Kier molecular flexibility index (Phi) is 3.39. The third kappa shape index (κ3) is 2.82. The first-order valence-electron chi connectivity index (χ1n) is 5.08. The van der Waals surface area contributed by atoms with Crippen LogP contribution in [0.4, 0.5) is 0 Å². The number of aromatic nitrogens is 1. The molecule has 88 valence electrons. The standard InChI is InChI=1S/C12H12N2O2S/c1-14(2)12(17)15-11-8-10(13-16-11)9-6-4-3-5-7-9/h3-8H,1-2H3. The van der Waals surface area contributed by atoms with E-state index in [1.54, 1.807) is 25.1 Å². The van der Waals surface area contributed by atoms with Crippen LogP contribution in [-0.4, -0.2) is 29.3 Å². The van der Waals surface area contributed by atoms with Crippen molar-refractivity contribution < 1.29 is 9.26 Å². The van der Waals surface area contributed by atoms with E-state index in [1.165, 1.54) is 0 Å². The zero-order chi connectivity index (χ0) is 12.3. The van der Waals surface area contributed by atoms with Crippen molar-refractivity contribution in [3.8, 4) is 17.2 Å². The average Bonchev–Trinajstić information content (AvgIpc) is 2.78. The van der Waals surface area contributed by atoms with Gasteiger partial charge < -0.3 is 14.2 Å². The van der Waals surface area contributed by atoms with Crippen LogP contribution in [0, 0.1) is 0 Å². The Bertz CT molecular complexity index is 508. The minimum absolute atomic E-state index is 0.294. The van der Waals surface area contributed by atoms with E-state index >= 15 is 0 Å². The molecule has 0 bridgehead atoms. The minimum atomic E-state index is 0.294. The molecule has 1 aromatic carbocycles. The summed E-state index contributed by atoms with van der Waals surface area (Å²) in [7, 11) is 3.60. The Balaban J connectivity index is 2.14. The fourth-order valence-electron chi connectivity index (χ4n) is 1.23. The molecule has 2 aromatic rings. The third-order valence-corrected chi connectivity index (χ3v) is 2.56. The molecule has 0 radical (unpaired) electrons. The van der Waals surface area contributed by atoms with Crippen LogP contribution in [0.5, 0.6) is 5.95 Å². The maximum Gasteiger partial charge on any atom is 0.319 e. The first-order valence-corrected chi connectivity index (χ1v) is 5.49. The van der Waals surface area contributed by atoms with Crippen molar-refractivity contribution in [3.63, 3.8) is 0 Å². The summed E-state index contributed by atoms with van der Waals surface area (Å²) in [4.78, 5) is 1.68. The van der Waals surface area contributed by atoms with Crippen molar-refractivity contribution in [2.45, 2.75) is 0 Å². The second kappa shape index (κ2) is 4.97. The maximum absolute atomic E-state index is 5.31. The number of hydrogen-bond donors (Lipinski definition) is 0. The lowest BCUT2D eigenvalue weighted by Crippen LogP contribution is -2.24. The molecule has 1 aromatic heterocycles. The van der Waals surface area contributed by atoms with Gasteiger partial charge in [-0.15, -0.1) is 0 Å². The fraction of sp³-hybridized carbons (Fsp3) is 0.167. The number of benzene rings is 1. The van der Waals surface area contributed by atoms with Gasteiger partial charge in [0.15, 0.2) is 0 Å². The molecule has 0 spiro atoms. The fourth-order valence-corrected chi connectivity index (χ4v) is 1.31. The number of thiocarbonyl (C=S) groups is 1. The summed E-state index contributed by atoms with van der Waals surface area (Å²) in [5.74, 6) is 0.294. The zero-order valence-electron chi connectivity index (χ0n) is 9.58. The molecule has 4 nitrogen and oxygen atoms in total.